The first-order valence-electron chi connectivity index (χ1n) is 25.3. The Bertz CT molecular complexity index is 7060. The summed E-state index contributed by atoms with van der Waals surface area (Å²) in [6.07, 6.45) is 0. The fourth-order valence-electron chi connectivity index (χ4n) is 24.6. The van der Waals surface area contributed by atoms with Crippen LogP contribution in [0.2, 0.25) is 0 Å². The van der Waals surface area contributed by atoms with Crippen LogP contribution in [0.1, 0.15) is 33.7 Å². The highest BCUT2D eigenvalue weighted by atomic mass is 16.5. The van der Waals surface area contributed by atoms with E-state index >= 15 is 0 Å². The standard InChI is InChI=1S/C67H8O/c1-68-7-5-3-2-4-6(7)67-64-60-54-40-32-24-12-9-8-10-13(12)25-27-23-17(10)19-15-11(8)14-18-16(9)22-26(24)38(40)46-44-30(22)28(18)36-34-20(14)21(15)35-37-29(19)31(23)45-47-39(27)41(33(25)32)55(54)61(64)57(47)59-51(45)49(37)53-43(35)42(34)52-48(36)50(44)58(56(46)60)65(67)62(52)63(53)66(59)67/h2-5,64H,1H3. The van der Waals surface area contributed by atoms with E-state index in [9.17, 15) is 0 Å². The smallest absolute Gasteiger partial charge is 0.123 e. The normalized spacial score (nSPS) is 20.9. The Kier molecular flexibility index (Phi) is 2.05. The molecular weight excluding hydrogens is 821 g/mol. The minimum absolute atomic E-state index is 0.171. The van der Waals surface area contributed by atoms with E-state index in [1.54, 1.807) is 313 Å². The maximum absolute atomic E-state index is 6.80. The summed E-state index contributed by atoms with van der Waals surface area (Å²) < 4.78 is 6.80. The van der Waals surface area contributed by atoms with Gasteiger partial charge in [-0.25, -0.2) is 0 Å². The second kappa shape index (κ2) is 5.62. The molecule has 4 aliphatic carbocycles. The number of methoxy groups -OCH3 is 1. The van der Waals surface area contributed by atoms with E-state index in [-0.39, 0.29) is 5.92 Å². The summed E-state index contributed by atoms with van der Waals surface area (Å²) in [5.74, 6) is 1.23. The zero-order valence-corrected chi connectivity index (χ0v) is 34.8. The van der Waals surface area contributed by atoms with Gasteiger partial charge in [-0.3, -0.25) is 0 Å². The summed E-state index contributed by atoms with van der Waals surface area (Å²) in [4.78, 5) is 0. The van der Waals surface area contributed by atoms with Crippen molar-refractivity contribution >= 4 is 291 Å². The first-order chi connectivity index (χ1) is 33.9. The van der Waals surface area contributed by atoms with E-state index in [0.717, 1.165) is 5.75 Å². The lowest BCUT2D eigenvalue weighted by Crippen LogP contribution is -2.38. The molecule has 0 atom stereocenters. The van der Waals surface area contributed by atoms with E-state index in [2.05, 4.69) is 24.3 Å². The molecule has 0 aliphatic heterocycles. The summed E-state index contributed by atoms with van der Waals surface area (Å²) in [6.45, 7) is 0. The Balaban J connectivity index is 1.23. The quantitative estimate of drug-likeness (QED) is 0.158. The Labute approximate surface area is 369 Å². The molecular formula is C67H8O. The van der Waals surface area contributed by atoms with Crippen molar-refractivity contribution in [3.8, 4) is 5.75 Å². The average molecular weight is 829 g/mol. The monoisotopic (exact) mass is 828 g/mol. The van der Waals surface area contributed by atoms with Gasteiger partial charge in [0.2, 0.25) is 0 Å². The van der Waals surface area contributed by atoms with Crippen molar-refractivity contribution in [2.75, 3.05) is 7.11 Å². The second-order valence-electron chi connectivity index (χ2n) is 24.8. The highest BCUT2D eigenvalue weighted by Crippen LogP contribution is 2.84. The second-order valence-corrected chi connectivity index (χ2v) is 24.8. The number of hydrogen-bond donors (Lipinski definition) is 0. The highest BCUT2D eigenvalue weighted by molar-refractivity contribution is 6.82. The lowest BCUT2D eigenvalue weighted by atomic mass is 9.54. The summed E-state index contributed by atoms with van der Waals surface area (Å²) in [5.41, 5.74) is 7.71. The van der Waals surface area contributed by atoms with E-state index in [0.29, 0.717) is 0 Å². The van der Waals surface area contributed by atoms with Crippen molar-refractivity contribution in [1.82, 2.24) is 0 Å². The van der Waals surface area contributed by atoms with Crippen molar-refractivity contribution in [3.05, 3.63) is 52.1 Å². The number of para-hydroxylation sites is 1. The maximum Gasteiger partial charge on any atom is 0.123 e. The molecule has 0 heterocycles. The van der Waals surface area contributed by atoms with E-state index < -0.39 is 5.41 Å². The molecule has 0 unspecified atom stereocenters. The number of rotatable bonds is 2. The molecule has 0 saturated carbocycles. The van der Waals surface area contributed by atoms with Crippen LogP contribution in [0.3, 0.4) is 0 Å². The zero-order chi connectivity index (χ0) is 40.3. The van der Waals surface area contributed by atoms with Gasteiger partial charge in [-0.1, -0.05) is 18.2 Å². The van der Waals surface area contributed by atoms with Gasteiger partial charge in [0.1, 0.15) is 5.75 Å². The van der Waals surface area contributed by atoms with Gasteiger partial charge in [0, 0.05) is 11.5 Å². The van der Waals surface area contributed by atoms with Crippen LogP contribution < -0.4 is 4.74 Å². The Morgan fingerprint density at radius 3 is 0.691 bits per heavy atom. The third-order valence-corrected chi connectivity index (χ3v) is 24.7. The van der Waals surface area contributed by atoms with Gasteiger partial charge in [0.15, 0.2) is 0 Å². The predicted octanol–water partition coefficient (Wildman–Crippen LogP) is 18.2. The van der Waals surface area contributed by atoms with E-state index in [1.807, 2.05) is 7.11 Å². The molecule has 0 aromatic heterocycles. The third-order valence-electron chi connectivity index (χ3n) is 24.7. The SMILES string of the molecule is COc1ccccc1C12c3c4c5c6c7c8c(c9c%10c1c1c3c3c%11c4c4c5c5c7c7c%12c8c8c9c9c%10c%10c1c1c3c3c%11c%11c4c4c5c7c5c7c%12c8c8c9c9c%10c1c1c3c3c%11c4c5c4c7c8c9c1c34)C62. The molecule has 0 N–H and O–H groups in total. The maximum atomic E-state index is 6.80. The zero-order valence-electron chi connectivity index (χ0n) is 34.8. The Morgan fingerprint density at radius 1 is 0.250 bits per heavy atom. The molecule has 1 heteroatoms. The van der Waals surface area contributed by atoms with Gasteiger partial charge in [0.05, 0.1) is 12.5 Å². The molecule has 1 nitrogen and oxygen atoms in total. The van der Waals surface area contributed by atoms with Crippen molar-refractivity contribution in [2.24, 2.45) is 0 Å². The summed E-state index contributed by atoms with van der Waals surface area (Å²) in [5, 5.41) is 88.9. The summed E-state index contributed by atoms with van der Waals surface area (Å²) in [6, 6.07) is 9.47. The Morgan fingerprint density at radius 2 is 0.441 bits per heavy atom. The number of hydrogen-bond acceptors (Lipinski definition) is 1. The molecule has 0 amide bonds. The molecule has 29 aromatic rings. The van der Waals surface area contributed by atoms with Crippen LogP contribution in [-0.4, -0.2) is 7.11 Å². The lowest BCUT2D eigenvalue weighted by Gasteiger charge is -2.46. The van der Waals surface area contributed by atoms with Crippen molar-refractivity contribution in [3.63, 3.8) is 0 Å². The van der Waals surface area contributed by atoms with Crippen LogP contribution in [0.4, 0.5) is 0 Å². The molecule has 0 bridgehead atoms. The van der Waals surface area contributed by atoms with Gasteiger partial charge >= 0.3 is 0 Å². The first kappa shape index (κ1) is 24.8. The highest BCUT2D eigenvalue weighted by Gasteiger charge is 2.64. The van der Waals surface area contributed by atoms with Gasteiger partial charge in [0.25, 0.3) is 0 Å². The van der Waals surface area contributed by atoms with Crippen LogP contribution in [0, 0.1) is 0 Å². The average Bonchev–Trinajstić information content (AvgIpc) is 4.30. The Hall–Kier alpha value is -8.52. The molecule has 0 spiro atoms. The summed E-state index contributed by atoms with van der Waals surface area (Å²) in [7, 11) is 1.96. The van der Waals surface area contributed by atoms with Gasteiger partial charge in [-0.15, -0.1) is 0 Å². The van der Waals surface area contributed by atoms with E-state index in [4.69, 9.17) is 4.74 Å². The predicted molar refractivity (Wildman–Crippen MR) is 287 cm³/mol. The van der Waals surface area contributed by atoms with Crippen molar-refractivity contribution in [1.29, 1.82) is 0 Å². The van der Waals surface area contributed by atoms with Crippen LogP contribution in [0.5, 0.6) is 5.75 Å². The number of ether oxygens (including phenoxy) is 1. The molecule has 33 rings (SSSR count). The minimum atomic E-state index is -0.433. The number of benzene rings is 19. The van der Waals surface area contributed by atoms with Crippen LogP contribution >= 0.6 is 0 Å². The minimum Gasteiger partial charge on any atom is -0.496 e. The van der Waals surface area contributed by atoms with Crippen LogP contribution in [0.15, 0.2) is 24.3 Å². The fraction of sp³-hybridized carbons (Fsp3) is 0.0448. The van der Waals surface area contributed by atoms with Crippen molar-refractivity contribution in [2.45, 2.75) is 11.3 Å². The molecule has 0 fully saturated rings. The summed E-state index contributed by atoms with van der Waals surface area (Å²) >= 11 is 0. The van der Waals surface area contributed by atoms with Crippen molar-refractivity contribution < 1.29 is 4.74 Å². The van der Waals surface area contributed by atoms with Crippen LogP contribution in [0.25, 0.3) is 291 Å². The largest absolute Gasteiger partial charge is 0.496 e. The lowest BCUT2D eigenvalue weighted by molar-refractivity contribution is 0.398. The van der Waals surface area contributed by atoms with E-state index in [1.165, 1.54) is 5.56 Å². The third kappa shape index (κ3) is 1.29. The van der Waals surface area contributed by atoms with Gasteiger partial charge in [-0.2, -0.15) is 0 Å². The molecule has 29 aromatic carbocycles. The molecule has 282 valence electrons. The molecule has 68 heavy (non-hydrogen) atoms. The molecule has 0 radical (unpaired) electrons. The molecule has 4 aliphatic rings. The fourth-order valence-corrected chi connectivity index (χ4v) is 24.6. The van der Waals surface area contributed by atoms with Gasteiger partial charge < -0.3 is 4.74 Å². The molecule has 0 saturated heterocycles. The van der Waals surface area contributed by atoms with Crippen LogP contribution in [-0.2, 0) is 5.41 Å². The topological polar surface area (TPSA) is 9.23 Å². The first-order valence-corrected chi connectivity index (χ1v) is 25.3. The van der Waals surface area contributed by atoms with Gasteiger partial charge in [-0.05, 0) is 319 Å².